The molecule has 0 saturated carbocycles. The summed E-state index contributed by atoms with van der Waals surface area (Å²) in [4.78, 5) is 4.35. The molecule has 0 radical (unpaired) electrons. The van der Waals surface area contributed by atoms with Gasteiger partial charge in [-0.25, -0.2) is 4.98 Å². The van der Waals surface area contributed by atoms with Crippen molar-refractivity contribution >= 4 is 10.8 Å². The van der Waals surface area contributed by atoms with E-state index in [9.17, 15) is 5.26 Å². The highest BCUT2D eigenvalue weighted by molar-refractivity contribution is 5.90. The van der Waals surface area contributed by atoms with Gasteiger partial charge in [0.2, 0.25) is 5.75 Å². The minimum Gasteiger partial charge on any atom is -0.494 e. The van der Waals surface area contributed by atoms with E-state index >= 15 is 0 Å². The summed E-state index contributed by atoms with van der Waals surface area (Å²) in [6, 6.07) is 11.8. The van der Waals surface area contributed by atoms with Crippen LogP contribution in [0.2, 0.25) is 0 Å². The first-order valence-electron chi connectivity index (χ1n) is 9.47. The summed E-state index contributed by atoms with van der Waals surface area (Å²) < 4.78 is 22.3. The van der Waals surface area contributed by atoms with Crippen LogP contribution >= 0.6 is 0 Å². The Balaban J connectivity index is 2.07. The Bertz CT molecular complexity index is 1030. The molecule has 0 saturated heterocycles. The maximum atomic E-state index is 9.45. The first-order chi connectivity index (χ1) is 14.1. The fraction of sp³-hybridized carbons (Fsp3) is 0.304. The number of nitrogens with zero attached hydrogens (tertiary/aromatic N) is 2. The van der Waals surface area contributed by atoms with E-state index in [1.54, 1.807) is 20.4 Å². The SMILES string of the molecule is CCOc1ccc2c(Cc3cc(OC)c(OCC)c(OC)c3)cnc(C#N)c2c1. The molecule has 0 atom stereocenters. The standard InChI is InChI=1S/C23H24N2O4/c1-5-28-17-7-8-18-16(14-25-20(13-24)19(18)12-17)9-15-10-21(26-3)23(29-6-2)22(11-15)27-4/h7-8,10-12,14H,5-6,9H2,1-4H3. The molecule has 0 amide bonds. The zero-order valence-corrected chi connectivity index (χ0v) is 17.1. The highest BCUT2D eigenvalue weighted by atomic mass is 16.5. The lowest BCUT2D eigenvalue weighted by Gasteiger charge is -2.16. The highest BCUT2D eigenvalue weighted by Crippen LogP contribution is 2.39. The molecule has 0 spiro atoms. The molecule has 6 nitrogen and oxygen atoms in total. The maximum Gasteiger partial charge on any atom is 0.203 e. The molecular formula is C23H24N2O4. The molecule has 0 aliphatic heterocycles. The van der Waals surface area contributed by atoms with Gasteiger partial charge in [-0.2, -0.15) is 5.26 Å². The molecule has 0 aliphatic rings. The molecule has 1 heterocycles. The molecule has 29 heavy (non-hydrogen) atoms. The second-order valence-electron chi connectivity index (χ2n) is 6.32. The minimum atomic E-state index is 0.382. The third-order valence-electron chi connectivity index (χ3n) is 4.56. The number of benzene rings is 2. The number of hydrogen-bond acceptors (Lipinski definition) is 6. The lowest BCUT2D eigenvalue weighted by molar-refractivity contribution is 0.288. The van der Waals surface area contributed by atoms with Crippen LogP contribution in [0.4, 0.5) is 0 Å². The first-order valence-corrected chi connectivity index (χ1v) is 9.47. The number of fused-ring (bicyclic) bond motifs is 1. The van der Waals surface area contributed by atoms with E-state index in [4.69, 9.17) is 18.9 Å². The van der Waals surface area contributed by atoms with Gasteiger partial charge in [-0.3, -0.25) is 0 Å². The van der Waals surface area contributed by atoms with E-state index in [-0.39, 0.29) is 0 Å². The molecule has 0 N–H and O–H groups in total. The van der Waals surface area contributed by atoms with Gasteiger partial charge >= 0.3 is 0 Å². The van der Waals surface area contributed by atoms with Gasteiger partial charge in [0.15, 0.2) is 11.5 Å². The van der Waals surface area contributed by atoms with Gasteiger partial charge in [0, 0.05) is 11.6 Å². The number of pyridine rings is 1. The van der Waals surface area contributed by atoms with Gasteiger partial charge < -0.3 is 18.9 Å². The second kappa shape index (κ2) is 9.16. The molecule has 0 fully saturated rings. The lowest BCUT2D eigenvalue weighted by atomic mass is 9.98. The van der Waals surface area contributed by atoms with Gasteiger partial charge in [0.1, 0.15) is 17.5 Å². The van der Waals surface area contributed by atoms with Crippen LogP contribution in [0.15, 0.2) is 36.5 Å². The van der Waals surface area contributed by atoms with E-state index in [1.165, 1.54) is 0 Å². The Morgan fingerprint density at radius 2 is 1.62 bits per heavy atom. The fourth-order valence-corrected chi connectivity index (χ4v) is 3.31. The van der Waals surface area contributed by atoms with Gasteiger partial charge in [0.05, 0.1) is 27.4 Å². The summed E-state index contributed by atoms with van der Waals surface area (Å²) in [5.74, 6) is 2.54. The third-order valence-corrected chi connectivity index (χ3v) is 4.56. The van der Waals surface area contributed by atoms with Crippen molar-refractivity contribution < 1.29 is 18.9 Å². The van der Waals surface area contributed by atoms with Crippen LogP contribution in [0, 0.1) is 11.3 Å². The molecule has 1 aromatic heterocycles. The van der Waals surface area contributed by atoms with Crippen molar-refractivity contribution in [2.45, 2.75) is 20.3 Å². The molecule has 0 unspecified atom stereocenters. The molecule has 3 aromatic rings. The molecule has 150 valence electrons. The lowest BCUT2D eigenvalue weighted by Crippen LogP contribution is -2.01. The number of aromatic nitrogens is 1. The third kappa shape index (κ3) is 4.19. The Hall–Kier alpha value is -3.46. The summed E-state index contributed by atoms with van der Waals surface area (Å²) in [6.45, 7) is 4.92. The number of ether oxygens (including phenoxy) is 4. The summed E-state index contributed by atoms with van der Waals surface area (Å²) >= 11 is 0. The molecule has 0 aliphatic carbocycles. The predicted octanol–water partition coefficient (Wildman–Crippen LogP) is 4.51. The van der Waals surface area contributed by atoms with Crippen LogP contribution in [-0.4, -0.2) is 32.4 Å². The molecule has 0 bridgehead atoms. The number of hydrogen-bond donors (Lipinski definition) is 0. The van der Waals surface area contributed by atoms with Crippen molar-refractivity contribution in [1.29, 1.82) is 5.26 Å². The number of methoxy groups -OCH3 is 2. The summed E-state index contributed by atoms with van der Waals surface area (Å²) in [5, 5.41) is 11.2. The number of nitriles is 1. The maximum absolute atomic E-state index is 9.45. The zero-order valence-electron chi connectivity index (χ0n) is 17.1. The Morgan fingerprint density at radius 3 is 2.21 bits per heavy atom. The van der Waals surface area contributed by atoms with Crippen molar-refractivity contribution in [2.24, 2.45) is 0 Å². The Morgan fingerprint density at radius 1 is 0.931 bits per heavy atom. The Kier molecular flexibility index (Phi) is 6.40. The average molecular weight is 392 g/mol. The van der Waals surface area contributed by atoms with Crippen LogP contribution in [0.5, 0.6) is 23.0 Å². The van der Waals surface area contributed by atoms with Crippen LogP contribution in [0.1, 0.15) is 30.7 Å². The summed E-state index contributed by atoms with van der Waals surface area (Å²) in [6.07, 6.45) is 2.35. The second-order valence-corrected chi connectivity index (χ2v) is 6.32. The largest absolute Gasteiger partial charge is 0.494 e. The molecule has 6 heteroatoms. The number of rotatable bonds is 8. The normalized spacial score (nSPS) is 10.4. The van der Waals surface area contributed by atoms with E-state index in [1.807, 2.05) is 44.2 Å². The Labute approximate surface area is 170 Å². The van der Waals surface area contributed by atoms with E-state index in [0.29, 0.717) is 42.6 Å². The first kappa shape index (κ1) is 20.3. The van der Waals surface area contributed by atoms with Crippen LogP contribution in [-0.2, 0) is 6.42 Å². The van der Waals surface area contributed by atoms with Gasteiger partial charge in [-0.1, -0.05) is 6.07 Å². The van der Waals surface area contributed by atoms with Crippen molar-refractivity contribution in [1.82, 2.24) is 4.98 Å². The minimum absolute atomic E-state index is 0.382. The van der Waals surface area contributed by atoms with Crippen LogP contribution < -0.4 is 18.9 Å². The van der Waals surface area contributed by atoms with E-state index in [0.717, 1.165) is 27.6 Å². The van der Waals surface area contributed by atoms with Crippen molar-refractivity contribution in [3.8, 4) is 29.1 Å². The van der Waals surface area contributed by atoms with Crippen LogP contribution in [0.3, 0.4) is 0 Å². The summed E-state index contributed by atoms with van der Waals surface area (Å²) in [5.41, 5.74) is 2.37. The van der Waals surface area contributed by atoms with E-state index < -0.39 is 0 Å². The fourth-order valence-electron chi connectivity index (χ4n) is 3.31. The summed E-state index contributed by atoms with van der Waals surface area (Å²) in [7, 11) is 3.21. The van der Waals surface area contributed by atoms with Crippen LogP contribution in [0.25, 0.3) is 10.8 Å². The molecule has 2 aromatic carbocycles. The van der Waals surface area contributed by atoms with Crippen molar-refractivity contribution in [3.05, 3.63) is 53.3 Å². The average Bonchev–Trinajstić information content (AvgIpc) is 2.74. The quantitative estimate of drug-likeness (QED) is 0.561. The predicted molar refractivity (Wildman–Crippen MR) is 111 cm³/mol. The van der Waals surface area contributed by atoms with Crippen molar-refractivity contribution in [3.63, 3.8) is 0 Å². The molecular weight excluding hydrogens is 368 g/mol. The van der Waals surface area contributed by atoms with E-state index in [2.05, 4.69) is 11.1 Å². The zero-order chi connectivity index (χ0) is 20.8. The molecule has 3 rings (SSSR count). The topological polar surface area (TPSA) is 73.6 Å². The van der Waals surface area contributed by atoms with Gasteiger partial charge in [-0.15, -0.1) is 0 Å². The highest BCUT2D eigenvalue weighted by Gasteiger charge is 2.16. The monoisotopic (exact) mass is 392 g/mol. The smallest absolute Gasteiger partial charge is 0.203 e. The van der Waals surface area contributed by atoms with Crippen molar-refractivity contribution in [2.75, 3.05) is 27.4 Å². The van der Waals surface area contributed by atoms with Gasteiger partial charge in [-0.05, 0) is 61.0 Å². The van der Waals surface area contributed by atoms with Gasteiger partial charge in [0.25, 0.3) is 0 Å².